The van der Waals surface area contributed by atoms with Crippen LogP contribution >= 0.6 is 0 Å². The van der Waals surface area contributed by atoms with Crippen LogP contribution in [0.15, 0.2) is 11.0 Å². The minimum absolute atomic E-state index is 0.226. The second-order valence-electron chi connectivity index (χ2n) is 7.31. The number of nitrogens with zero attached hydrogens (tertiary/aromatic N) is 4. The van der Waals surface area contributed by atoms with Crippen LogP contribution in [0.3, 0.4) is 0 Å². The maximum atomic E-state index is 13.5. The molecule has 1 aliphatic heterocycles. The van der Waals surface area contributed by atoms with Crippen LogP contribution in [0.5, 0.6) is 0 Å². The largest absolute Gasteiger partial charge is 0.458 e. The van der Waals surface area contributed by atoms with Gasteiger partial charge in [-0.1, -0.05) is 0 Å². The number of hydrogen-bond donors (Lipinski definition) is 1. The third kappa shape index (κ3) is 5.23. The molecule has 0 aliphatic carbocycles. The summed E-state index contributed by atoms with van der Waals surface area (Å²) in [6.45, 7) is -0.132. The van der Waals surface area contributed by atoms with Crippen molar-refractivity contribution in [1.82, 2.24) is 19.1 Å². The Kier molecular flexibility index (Phi) is 6.51. The molecule has 1 saturated heterocycles. The van der Waals surface area contributed by atoms with Gasteiger partial charge >= 0.3 is 30.0 Å². The number of imidazole rings is 1. The van der Waals surface area contributed by atoms with Crippen molar-refractivity contribution < 1.29 is 50.1 Å². The first-order valence-corrected chi connectivity index (χ1v) is 9.45. The lowest BCUT2D eigenvalue weighted by Gasteiger charge is -2.25. The summed E-state index contributed by atoms with van der Waals surface area (Å²) in [6.07, 6.45) is -18.1. The van der Waals surface area contributed by atoms with Crippen LogP contribution in [-0.4, -0.2) is 61.7 Å². The van der Waals surface area contributed by atoms with Crippen LogP contribution in [0, 0.1) is 0 Å². The van der Waals surface area contributed by atoms with Gasteiger partial charge in [0, 0.05) is 20.3 Å². The van der Waals surface area contributed by atoms with E-state index >= 15 is 0 Å². The highest BCUT2D eigenvalue weighted by atomic mass is 19.4. The first-order chi connectivity index (χ1) is 15.6. The zero-order valence-corrected chi connectivity index (χ0v) is 17.4. The highest BCUT2D eigenvalue weighted by Gasteiger charge is 2.54. The lowest BCUT2D eigenvalue weighted by atomic mass is 10.1. The molecule has 0 bridgehead atoms. The van der Waals surface area contributed by atoms with E-state index in [4.69, 9.17) is 15.2 Å². The van der Waals surface area contributed by atoms with Gasteiger partial charge in [-0.3, -0.25) is 14.2 Å². The van der Waals surface area contributed by atoms with Crippen LogP contribution in [0.4, 0.5) is 32.3 Å². The van der Waals surface area contributed by atoms with E-state index in [1.165, 1.54) is 0 Å². The van der Waals surface area contributed by atoms with E-state index in [9.17, 15) is 40.7 Å². The van der Waals surface area contributed by atoms with E-state index in [0.29, 0.717) is 4.57 Å². The number of anilines is 1. The van der Waals surface area contributed by atoms with Gasteiger partial charge < -0.3 is 19.9 Å². The Morgan fingerprint density at radius 2 is 1.88 bits per heavy atom. The predicted octanol–water partition coefficient (Wildman–Crippen LogP) is 1.45. The average molecular weight is 501 g/mol. The Balaban J connectivity index is 2.15. The van der Waals surface area contributed by atoms with Crippen LogP contribution in [-0.2, 0) is 30.3 Å². The molecule has 34 heavy (non-hydrogen) atoms. The highest BCUT2D eigenvalue weighted by molar-refractivity contribution is 5.72. The van der Waals surface area contributed by atoms with Crippen LogP contribution in [0.25, 0.3) is 11.2 Å². The van der Waals surface area contributed by atoms with Crippen molar-refractivity contribution in [3.63, 3.8) is 0 Å². The fraction of sp³-hybridized carbons (Fsp3) is 0.588. The topological polar surface area (TPSA) is 141 Å². The molecule has 0 amide bonds. The van der Waals surface area contributed by atoms with Crippen molar-refractivity contribution in [2.24, 2.45) is 0 Å². The van der Waals surface area contributed by atoms with Crippen molar-refractivity contribution in [3.8, 4) is 0 Å². The van der Waals surface area contributed by atoms with Gasteiger partial charge in [-0.05, 0) is 0 Å². The van der Waals surface area contributed by atoms with Crippen molar-refractivity contribution in [2.75, 3.05) is 5.73 Å². The quantitative estimate of drug-likeness (QED) is 0.476. The molecular weight excluding hydrogens is 484 g/mol. The number of hydrogen-bond acceptors (Lipinski definition) is 9. The maximum absolute atomic E-state index is 13.5. The van der Waals surface area contributed by atoms with E-state index in [1.807, 2.05) is 0 Å². The molecular formula is C17H17F6N5O6. The minimum Gasteiger partial charge on any atom is -0.458 e. The molecule has 17 heteroatoms. The van der Waals surface area contributed by atoms with Gasteiger partial charge in [-0.25, -0.2) is 14.3 Å². The van der Waals surface area contributed by atoms with Gasteiger partial charge in [0.25, 0.3) is 0 Å². The number of rotatable bonds is 5. The summed E-state index contributed by atoms with van der Waals surface area (Å²) in [5, 5.41) is 0. The summed E-state index contributed by atoms with van der Waals surface area (Å²) in [6, 6.07) is 0. The Hall–Kier alpha value is -3.37. The summed E-state index contributed by atoms with van der Waals surface area (Å²) < 4.78 is 95.2. The van der Waals surface area contributed by atoms with Gasteiger partial charge in [0.05, 0.1) is 6.20 Å². The molecule has 2 N–H and O–H groups in total. The van der Waals surface area contributed by atoms with Crippen molar-refractivity contribution in [2.45, 2.75) is 63.7 Å². The van der Waals surface area contributed by atoms with Crippen molar-refractivity contribution in [1.29, 1.82) is 0 Å². The van der Waals surface area contributed by atoms with Gasteiger partial charge in [0.1, 0.15) is 24.3 Å². The predicted molar refractivity (Wildman–Crippen MR) is 97.9 cm³/mol. The zero-order chi connectivity index (χ0) is 25.6. The normalized spacial score (nSPS) is 22.1. The molecule has 0 saturated carbocycles. The number of carbonyl (C=O) groups is 2. The van der Waals surface area contributed by atoms with Gasteiger partial charge in [-0.2, -0.15) is 31.3 Å². The maximum Gasteiger partial charge on any atom is 0.428 e. The molecule has 0 radical (unpaired) electrons. The Bertz CT molecular complexity index is 1160. The number of fused-ring (bicyclic) bond motifs is 1. The number of nitrogens with two attached hydrogens (primary N) is 1. The number of alkyl halides is 6. The van der Waals surface area contributed by atoms with Gasteiger partial charge in [0.2, 0.25) is 12.1 Å². The number of nitrogen functional groups attached to an aromatic ring is 1. The Morgan fingerprint density at radius 3 is 2.41 bits per heavy atom. The van der Waals surface area contributed by atoms with E-state index in [0.717, 1.165) is 20.0 Å². The van der Waals surface area contributed by atoms with Crippen LogP contribution in [0.2, 0.25) is 0 Å². The SMILES string of the molecule is CC(=O)O[C@H]([C@@H]1C[C@@H](OC(C)=O)[C@H](n2c(=O)n(CC(F)(F)F)c3cnc(N)nc32)O1)C(F)(F)F. The average Bonchev–Trinajstić information content (AvgIpc) is 3.15. The molecule has 3 heterocycles. The summed E-state index contributed by atoms with van der Waals surface area (Å²) >= 11 is 0. The van der Waals surface area contributed by atoms with Crippen molar-refractivity contribution in [3.05, 3.63) is 16.7 Å². The number of esters is 2. The number of halogens is 6. The number of carbonyl (C=O) groups excluding carboxylic acids is 2. The third-order valence-electron chi connectivity index (χ3n) is 4.68. The molecule has 2 aromatic rings. The zero-order valence-electron chi connectivity index (χ0n) is 17.4. The standard InChI is InChI=1S/C17H17F6N5O6/c1-6(29)32-10-3-9(11(17(21,22)23)33-7(2)30)34-13(10)28-12-8(4-25-14(24)26-12)27(15(28)31)5-16(18,19)20/h4,9-11,13H,3,5H2,1-2H3,(H2,24,25,26)/t9-,10+,11+,13+/m0/s1. The molecule has 1 fully saturated rings. The lowest BCUT2D eigenvalue weighted by molar-refractivity contribution is -0.248. The summed E-state index contributed by atoms with van der Waals surface area (Å²) in [5.74, 6) is -2.73. The molecule has 2 aromatic heterocycles. The van der Waals surface area contributed by atoms with E-state index in [-0.39, 0.29) is 4.57 Å². The minimum atomic E-state index is -5.12. The third-order valence-corrected chi connectivity index (χ3v) is 4.68. The van der Waals surface area contributed by atoms with Crippen molar-refractivity contribution >= 4 is 29.1 Å². The molecule has 188 valence electrons. The molecule has 0 unspecified atom stereocenters. The first-order valence-electron chi connectivity index (χ1n) is 9.45. The lowest BCUT2D eigenvalue weighted by Crippen LogP contribution is -2.43. The second-order valence-corrected chi connectivity index (χ2v) is 7.31. The number of ether oxygens (including phenoxy) is 3. The highest BCUT2D eigenvalue weighted by Crippen LogP contribution is 2.39. The Morgan fingerprint density at radius 1 is 1.24 bits per heavy atom. The molecule has 0 aromatic carbocycles. The summed E-state index contributed by atoms with van der Waals surface area (Å²) in [7, 11) is 0. The second kappa shape index (κ2) is 8.77. The summed E-state index contributed by atoms with van der Waals surface area (Å²) in [4.78, 5) is 43.0. The van der Waals surface area contributed by atoms with Gasteiger partial charge in [-0.15, -0.1) is 0 Å². The Labute approximate surface area is 185 Å². The summed E-state index contributed by atoms with van der Waals surface area (Å²) in [5.41, 5.74) is 3.15. The first kappa shape index (κ1) is 25.3. The van der Waals surface area contributed by atoms with E-state index in [1.54, 1.807) is 0 Å². The van der Waals surface area contributed by atoms with Crippen LogP contribution < -0.4 is 11.4 Å². The van der Waals surface area contributed by atoms with Crippen LogP contribution in [0.1, 0.15) is 26.5 Å². The molecule has 1 aliphatic rings. The molecule has 3 rings (SSSR count). The monoisotopic (exact) mass is 501 g/mol. The van der Waals surface area contributed by atoms with Gasteiger partial charge in [0.15, 0.2) is 11.9 Å². The fourth-order valence-electron chi connectivity index (χ4n) is 3.57. The molecule has 11 nitrogen and oxygen atoms in total. The molecule has 4 atom stereocenters. The molecule has 0 spiro atoms. The van der Waals surface area contributed by atoms with E-state index < -0.39 is 84.6 Å². The number of aromatic nitrogens is 4. The fourth-order valence-corrected chi connectivity index (χ4v) is 3.57. The van der Waals surface area contributed by atoms with E-state index in [2.05, 4.69) is 14.7 Å². The smallest absolute Gasteiger partial charge is 0.428 e.